The van der Waals surface area contributed by atoms with Crippen LogP contribution in [0.4, 0.5) is 0 Å². The zero-order valence-corrected chi connectivity index (χ0v) is 20.2. The van der Waals surface area contributed by atoms with E-state index in [0.29, 0.717) is 0 Å². The number of rotatable bonds is 6. The summed E-state index contributed by atoms with van der Waals surface area (Å²) in [4.78, 5) is 0.707. The van der Waals surface area contributed by atoms with Gasteiger partial charge in [-0.1, -0.05) is 149 Å². The van der Waals surface area contributed by atoms with Gasteiger partial charge in [0.05, 0.1) is 19.3 Å². The zero-order chi connectivity index (χ0) is 18.5. The van der Waals surface area contributed by atoms with E-state index in [9.17, 15) is 0 Å². The van der Waals surface area contributed by atoms with E-state index in [1.807, 2.05) is 12.1 Å². The molecule has 0 amide bonds. The first-order valence-electron chi connectivity index (χ1n) is 8.34. The quantitative estimate of drug-likeness (QED) is 0.248. The second kappa shape index (κ2) is 9.68. The first-order valence-corrected chi connectivity index (χ1v) is 12.0. The Labute approximate surface area is 188 Å². The van der Waals surface area contributed by atoms with Gasteiger partial charge >= 0.3 is 0 Å². The summed E-state index contributed by atoms with van der Waals surface area (Å²) < 4.78 is 0. The maximum Gasteiger partial charge on any atom is 0.0564 e. The molecule has 0 radical (unpaired) electrons. The van der Waals surface area contributed by atoms with Gasteiger partial charge in [0, 0.05) is 0 Å². The van der Waals surface area contributed by atoms with Gasteiger partial charge in [-0.2, -0.15) is 0 Å². The van der Waals surface area contributed by atoms with E-state index in [2.05, 4.69) is 137 Å². The Morgan fingerprint density at radius 1 is 0.385 bits per heavy atom. The van der Waals surface area contributed by atoms with E-state index in [0.717, 1.165) is 0 Å². The number of hydrogen-bond acceptors (Lipinski definition) is 0. The molecular formula is C22H18Br4. The Morgan fingerprint density at radius 2 is 0.692 bits per heavy atom. The lowest BCUT2D eigenvalue weighted by molar-refractivity contribution is 0.873. The fourth-order valence-corrected chi connectivity index (χ4v) is 5.56. The minimum absolute atomic E-state index is 0.164. The highest BCUT2D eigenvalue weighted by Crippen LogP contribution is 2.49. The molecule has 0 aliphatic rings. The second-order valence-electron chi connectivity index (χ2n) is 6.06. The van der Waals surface area contributed by atoms with Gasteiger partial charge in [0.1, 0.15) is 0 Å². The van der Waals surface area contributed by atoms with Gasteiger partial charge in [-0.05, 0) is 22.3 Å². The predicted molar refractivity (Wildman–Crippen MR) is 126 cm³/mol. The topological polar surface area (TPSA) is 0 Å². The molecule has 0 spiro atoms. The highest BCUT2D eigenvalue weighted by atomic mass is 79.9. The molecule has 3 aromatic carbocycles. The van der Waals surface area contributed by atoms with Crippen LogP contribution >= 0.6 is 63.7 Å². The molecule has 26 heavy (non-hydrogen) atoms. The van der Waals surface area contributed by atoms with Crippen LogP contribution in [0.1, 0.15) is 41.6 Å². The maximum absolute atomic E-state index is 3.93. The van der Waals surface area contributed by atoms with E-state index in [1.165, 1.54) is 22.3 Å². The fourth-order valence-electron chi connectivity index (χ4n) is 2.94. The lowest BCUT2D eigenvalue weighted by Gasteiger charge is -2.25. The Balaban J connectivity index is 1.90. The number of alkyl halides is 4. The summed E-state index contributed by atoms with van der Waals surface area (Å²) in [7, 11) is 0. The molecule has 0 saturated carbocycles. The lowest BCUT2D eigenvalue weighted by atomic mass is 9.95. The van der Waals surface area contributed by atoms with Crippen molar-refractivity contribution in [1.29, 1.82) is 0 Å². The molecule has 0 heterocycles. The van der Waals surface area contributed by atoms with Crippen molar-refractivity contribution in [3.63, 3.8) is 0 Å². The van der Waals surface area contributed by atoms with Crippen molar-refractivity contribution < 1.29 is 0 Å². The van der Waals surface area contributed by atoms with Crippen LogP contribution in [0.5, 0.6) is 0 Å². The molecule has 0 unspecified atom stereocenters. The summed E-state index contributed by atoms with van der Waals surface area (Å²) in [6.45, 7) is 0. The summed E-state index contributed by atoms with van der Waals surface area (Å²) in [5.41, 5.74) is 5.07. The average molecular weight is 602 g/mol. The fraction of sp³-hybridized carbons (Fsp3) is 0.182. The number of halogens is 4. The van der Waals surface area contributed by atoms with Crippen LogP contribution in [0.25, 0.3) is 0 Å². The molecule has 0 aliphatic carbocycles. The van der Waals surface area contributed by atoms with Crippen molar-refractivity contribution in [2.24, 2.45) is 0 Å². The van der Waals surface area contributed by atoms with E-state index in [4.69, 9.17) is 0 Å². The summed E-state index contributed by atoms with van der Waals surface area (Å²) >= 11 is 15.6. The lowest BCUT2D eigenvalue weighted by Crippen LogP contribution is -2.07. The third-order valence-electron chi connectivity index (χ3n) is 4.34. The molecule has 0 aromatic heterocycles. The van der Waals surface area contributed by atoms with Crippen molar-refractivity contribution in [3.8, 4) is 0 Å². The van der Waals surface area contributed by atoms with Crippen molar-refractivity contribution >= 4 is 63.7 Å². The van der Waals surface area contributed by atoms with E-state index < -0.39 is 0 Å². The van der Waals surface area contributed by atoms with Crippen LogP contribution in [0.2, 0.25) is 0 Å². The van der Waals surface area contributed by atoms with Crippen LogP contribution in [0.3, 0.4) is 0 Å². The SMILES string of the molecule is Br[C@H](c1ccccc1[C@H](Br)[C@H](Br)c1ccccc1)[C@@H](Br)c1ccccc1. The van der Waals surface area contributed by atoms with Gasteiger partial charge < -0.3 is 0 Å². The van der Waals surface area contributed by atoms with E-state index >= 15 is 0 Å². The summed E-state index contributed by atoms with van der Waals surface area (Å²) in [6, 6.07) is 29.6. The van der Waals surface area contributed by atoms with Crippen LogP contribution in [-0.2, 0) is 0 Å². The van der Waals surface area contributed by atoms with E-state index in [1.54, 1.807) is 0 Å². The minimum atomic E-state index is 0.164. The van der Waals surface area contributed by atoms with Gasteiger partial charge in [0.15, 0.2) is 0 Å². The molecule has 0 bridgehead atoms. The van der Waals surface area contributed by atoms with Gasteiger partial charge in [0.2, 0.25) is 0 Å². The van der Waals surface area contributed by atoms with Gasteiger partial charge in [-0.25, -0.2) is 0 Å². The molecule has 4 atom stereocenters. The second-order valence-corrected chi connectivity index (χ2v) is 10.0. The highest BCUT2D eigenvalue weighted by molar-refractivity contribution is 9.12. The molecular weight excluding hydrogens is 584 g/mol. The Hall–Kier alpha value is -0.420. The average Bonchev–Trinajstić information content (AvgIpc) is 2.73. The monoisotopic (exact) mass is 598 g/mol. The van der Waals surface area contributed by atoms with Crippen molar-refractivity contribution in [2.75, 3.05) is 0 Å². The first kappa shape index (κ1) is 20.3. The van der Waals surface area contributed by atoms with Crippen LogP contribution < -0.4 is 0 Å². The summed E-state index contributed by atoms with van der Waals surface area (Å²) in [5, 5.41) is 0. The largest absolute Gasteiger partial charge is 0.0823 e. The van der Waals surface area contributed by atoms with Crippen molar-refractivity contribution in [3.05, 3.63) is 107 Å². The number of benzene rings is 3. The van der Waals surface area contributed by atoms with Crippen LogP contribution in [0, 0.1) is 0 Å². The van der Waals surface area contributed by atoms with Crippen LogP contribution in [-0.4, -0.2) is 0 Å². The van der Waals surface area contributed by atoms with Crippen molar-refractivity contribution in [2.45, 2.75) is 19.3 Å². The molecule has 3 aromatic rings. The Morgan fingerprint density at radius 3 is 1.04 bits per heavy atom. The smallest absolute Gasteiger partial charge is 0.0564 e. The Bertz CT molecular complexity index is 749. The van der Waals surface area contributed by atoms with Gasteiger partial charge in [0.25, 0.3) is 0 Å². The van der Waals surface area contributed by atoms with E-state index in [-0.39, 0.29) is 19.3 Å². The molecule has 0 N–H and O–H groups in total. The Kier molecular flexibility index (Phi) is 7.56. The zero-order valence-electron chi connectivity index (χ0n) is 13.9. The predicted octanol–water partition coefficient (Wildman–Crippen LogP) is 8.83. The first-order chi connectivity index (χ1) is 12.6. The molecule has 3 rings (SSSR count). The van der Waals surface area contributed by atoms with Crippen molar-refractivity contribution in [1.82, 2.24) is 0 Å². The van der Waals surface area contributed by atoms with Crippen LogP contribution in [0.15, 0.2) is 84.9 Å². The molecule has 0 aliphatic heterocycles. The van der Waals surface area contributed by atoms with Gasteiger partial charge in [-0.3, -0.25) is 0 Å². The third kappa shape index (κ3) is 4.70. The molecule has 0 nitrogen and oxygen atoms in total. The normalized spacial score (nSPS) is 15.8. The molecule has 134 valence electrons. The molecule has 0 fully saturated rings. The molecule has 4 heteroatoms. The standard InChI is InChI=1S/C22H18Br4/c23-19(15-9-3-1-4-10-15)21(25)17-13-7-8-14-18(17)22(26)20(24)16-11-5-2-6-12-16/h1-14,19-22H/t19-,20+,21+,22-. The molecule has 0 saturated heterocycles. The summed E-state index contributed by atoms with van der Waals surface area (Å²) in [5.74, 6) is 0. The van der Waals surface area contributed by atoms with Gasteiger partial charge in [-0.15, -0.1) is 0 Å². The maximum atomic E-state index is 3.93. The highest BCUT2D eigenvalue weighted by Gasteiger charge is 2.27. The number of hydrogen-bond donors (Lipinski definition) is 0. The third-order valence-corrected chi connectivity index (χ3v) is 9.92. The minimum Gasteiger partial charge on any atom is -0.0823 e. The summed E-state index contributed by atoms with van der Waals surface area (Å²) in [6.07, 6.45) is 0.